The van der Waals surface area contributed by atoms with E-state index in [0.29, 0.717) is 23.1 Å². The SMILES string of the molecule is N#Cc1cc(NCC2(c3ccc(F)cc3Cl)CC2)ncn1. The molecule has 0 bridgehead atoms. The second kappa shape index (κ2) is 5.30. The maximum Gasteiger partial charge on any atom is 0.145 e. The van der Waals surface area contributed by atoms with Crippen molar-refractivity contribution in [2.75, 3.05) is 11.9 Å². The molecule has 1 N–H and O–H groups in total. The Morgan fingerprint density at radius 1 is 1.33 bits per heavy atom. The molecule has 0 unspecified atom stereocenters. The number of benzene rings is 1. The predicted molar refractivity (Wildman–Crippen MR) is 77.6 cm³/mol. The molecule has 0 spiro atoms. The van der Waals surface area contributed by atoms with Gasteiger partial charge in [0, 0.05) is 23.0 Å². The number of rotatable bonds is 4. The number of nitriles is 1. The monoisotopic (exact) mass is 302 g/mol. The fraction of sp³-hybridized carbons (Fsp3) is 0.267. The zero-order valence-corrected chi connectivity index (χ0v) is 11.9. The highest BCUT2D eigenvalue weighted by Gasteiger charge is 2.45. The molecule has 21 heavy (non-hydrogen) atoms. The van der Waals surface area contributed by atoms with Gasteiger partial charge in [0.15, 0.2) is 0 Å². The Labute approximate surface area is 126 Å². The van der Waals surface area contributed by atoms with Crippen molar-refractivity contribution in [3.05, 3.63) is 52.7 Å². The number of nitrogens with one attached hydrogen (secondary N) is 1. The normalized spacial score (nSPS) is 15.3. The Kier molecular flexibility index (Phi) is 3.48. The maximum absolute atomic E-state index is 13.1. The van der Waals surface area contributed by atoms with Crippen LogP contribution in [0.3, 0.4) is 0 Å². The van der Waals surface area contributed by atoms with Crippen LogP contribution in [0.25, 0.3) is 0 Å². The molecule has 0 radical (unpaired) electrons. The van der Waals surface area contributed by atoms with Crippen LogP contribution in [0.2, 0.25) is 5.02 Å². The molecular formula is C15H12ClFN4. The lowest BCUT2D eigenvalue weighted by Gasteiger charge is -2.18. The Bertz CT molecular complexity index is 722. The van der Waals surface area contributed by atoms with Gasteiger partial charge in [0.25, 0.3) is 0 Å². The lowest BCUT2D eigenvalue weighted by Crippen LogP contribution is -2.20. The molecule has 0 amide bonds. The number of halogens is 2. The first kappa shape index (κ1) is 13.8. The van der Waals surface area contributed by atoms with Gasteiger partial charge in [0.05, 0.1) is 0 Å². The second-order valence-electron chi connectivity index (χ2n) is 5.16. The predicted octanol–water partition coefficient (Wildman–Crippen LogP) is 3.28. The summed E-state index contributed by atoms with van der Waals surface area (Å²) >= 11 is 6.15. The van der Waals surface area contributed by atoms with Gasteiger partial charge in [-0.2, -0.15) is 5.26 Å². The molecule has 1 fully saturated rings. The van der Waals surface area contributed by atoms with Crippen molar-refractivity contribution >= 4 is 17.4 Å². The average molecular weight is 303 g/mol. The van der Waals surface area contributed by atoms with E-state index in [2.05, 4.69) is 15.3 Å². The summed E-state index contributed by atoms with van der Waals surface area (Å²) in [4.78, 5) is 7.91. The molecule has 6 heteroatoms. The van der Waals surface area contributed by atoms with Gasteiger partial charge in [-0.15, -0.1) is 0 Å². The summed E-state index contributed by atoms with van der Waals surface area (Å²) < 4.78 is 13.1. The van der Waals surface area contributed by atoms with Gasteiger partial charge in [0.2, 0.25) is 0 Å². The highest BCUT2D eigenvalue weighted by Crippen LogP contribution is 2.50. The van der Waals surface area contributed by atoms with Crippen LogP contribution in [-0.4, -0.2) is 16.5 Å². The van der Waals surface area contributed by atoms with Crippen LogP contribution in [0.1, 0.15) is 24.1 Å². The van der Waals surface area contributed by atoms with Crippen molar-refractivity contribution < 1.29 is 4.39 Å². The van der Waals surface area contributed by atoms with E-state index in [-0.39, 0.29) is 11.2 Å². The highest BCUT2D eigenvalue weighted by atomic mass is 35.5. The molecule has 1 heterocycles. The summed E-state index contributed by atoms with van der Waals surface area (Å²) in [7, 11) is 0. The van der Waals surface area contributed by atoms with Crippen LogP contribution in [0, 0.1) is 17.1 Å². The fourth-order valence-electron chi connectivity index (χ4n) is 2.39. The average Bonchev–Trinajstić information content (AvgIpc) is 3.26. The number of anilines is 1. The van der Waals surface area contributed by atoms with E-state index in [1.807, 2.05) is 6.07 Å². The first-order chi connectivity index (χ1) is 10.1. The zero-order valence-electron chi connectivity index (χ0n) is 11.1. The van der Waals surface area contributed by atoms with E-state index in [9.17, 15) is 4.39 Å². The van der Waals surface area contributed by atoms with Crippen LogP contribution in [0.15, 0.2) is 30.6 Å². The van der Waals surface area contributed by atoms with Crippen LogP contribution < -0.4 is 5.32 Å². The zero-order chi connectivity index (χ0) is 14.9. The third kappa shape index (κ3) is 2.81. The summed E-state index contributed by atoms with van der Waals surface area (Å²) in [6.07, 6.45) is 3.33. The minimum Gasteiger partial charge on any atom is -0.369 e. The Balaban J connectivity index is 1.76. The molecular weight excluding hydrogens is 291 g/mol. The smallest absolute Gasteiger partial charge is 0.145 e. The molecule has 0 saturated heterocycles. The number of nitrogens with zero attached hydrogens (tertiary/aromatic N) is 3. The molecule has 2 aromatic rings. The van der Waals surface area contributed by atoms with Crippen LogP contribution in [0.5, 0.6) is 0 Å². The third-order valence-electron chi connectivity index (χ3n) is 3.75. The molecule has 0 aliphatic heterocycles. The lowest BCUT2D eigenvalue weighted by atomic mass is 9.96. The Morgan fingerprint density at radius 3 is 2.81 bits per heavy atom. The quantitative estimate of drug-likeness (QED) is 0.941. The lowest BCUT2D eigenvalue weighted by molar-refractivity contribution is 0.624. The molecule has 106 valence electrons. The van der Waals surface area contributed by atoms with Crippen molar-refractivity contribution in [1.29, 1.82) is 5.26 Å². The molecule has 1 aromatic carbocycles. The third-order valence-corrected chi connectivity index (χ3v) is 4.06. The van der Waals surface area contributed by atoms with E-state index < -0.39 is 0 Å². The van der Waals surface area contributed by atoms with Gasteiger partial charge in [-0.1, -0.05) is 17.7 Å². The summed E-state index contributed by atoms with van der Waals surface area (Å²) in [5, 5.41) is 12.5. The minimum absolute atomic E-state index is 0.0808. The van der Waals surface area contributed by atoms with E-state index >= 15 is 0 Å². The summed E-state index contributed by atoms with van der Waals surface area (Å²) in [5.74, 6) is 0.271. The largest absolute Gasteiger partial charge is 0.369 e. The number of hydrogen-bond donors (Lipinski definition) is 1. The van der Waals surface area contributed by atoms with E-state index in [0.717, 1.165) is 18.4 Å². The van der Waals surface area contributed by atoms with Crippen molar-refractivity contribution in [3.8, 4) is 6.07 Å². The molecule has 1 aliphatic carbocycles. The highest BCUT2D eigenvalue weighted by molar-refractivity contribution is 6.31. The van der Waals surface area contributed by atoms with Crippen molar-refractivity contribution in [2.24, 2.45) is 0 Å². The number of hydrogen-bond acceptors (Lipinski definition) is 4. The first-order valence-corrected chi connectivity index (χ1v) is 6.92. The number of aromatic nitrogens is 2. The second-order valence-corrected chi connectivity index (χ2v) is 5.57. The van der Waals surface area contributed by atoms with Gasteiger partial charge >= 0.3 is 0 Å². The van der Waals surface area contributed by atoms with Crippen LogP contribution in [0.4, 0.5) is 10.2 Å². The molecule has 1 saturated carbocycles. The van der Waals surface area contributed by atoms with Gasteiger partial charge in [-0.05, 0) is 30.5 Å². The van der Waals surface area contributed by atoms with Gasteiger partial charge in [0.1, 0.15) is 29.7 Å². The van der Waals surface area contributed by atoms with Gasteiger partial charge in [-0.25, -0.2) is 14.4 Å². The molecule has 0 atom stereocenters. The van der Waals surface area contributed by atoms with Crippen molar-refractivity contribution in [2.45, 2.75) is 18.3 Å². The molecule has 4 nitrogen and oxygen atoms in total. The molecule has 3 rings (SSSR count). The van der Waals surface area contributed by atoms with Crippen molar-refractivity contribution in [1.82, 2.24) is 9.97 Å². The van der Waals surface area contributed by atoms with Crippen molar-refractivity contribution in [3.63, 3.8) is 0 Å². The summed E-state index contributed by atoms with van der Waals surface area (Å²) in [5.41, 5.74) is 1.19. The molecule has 1 aliphatic rings. The van der Waals surface area contributed by atoms with Crippen LogP contribution in [-0.2, 0) is 5.41 Å². The summed E-state index contributed by atoms with van der Waals surface area (Å²) in [6, 6.07) is 8.09. The van der Waals surface area contributed by atoms with Crippen LogP contribution >= 0.6 is 11.6 Å². The molecule has 1 aromatic heterocycles. The van der Waals surface area contributed by atoms with E-state index in [4.69, 9.17) is 16.9 Å². The van der Waals surface area contributed by atoms with E-state index in [1.165, 1.54) is 18.5 Å². The van der Waals surface area contributed by atoms with Gasteiger partial charge in [-0.3, -0.25) is 0 Å². The van der Waals surface area contributed by atoms with E-state index in [1.54, 1.807) is 12.1 Å². The minimum atomic E-state index is -0.332. The Hall–Kier alpha value is -2.19. The Morgan fingerprint density at radius 2 is 2.14 bits per heavy atom. The first-order valence-electron chi connectivity index (χ1n) is 6.54. The summed E-state index contributed by atoms with van der Waals surface area (Å²) in [6.45, 7) is 0.639. The maximum atomic E-state index is 13.1. The fourth-order valence-corrected chi connectivity index (χ4v) is 2.75. The topological polar surface area (TPSA) is 61.6 Å². The van der Waals surface area contributed by atoms with Gasteiger partial charge < -0.3 is 5.32 Å². The standard InChI is InChI=1S/C15H12ClFN4/c16-13-5-10(17)1-2-12(13)15(3-4-15)8-19-14-6-11(7-18)20-9-21-14/h1-2,5-6,9H,3-4,8H2,(H,19,20,21).